The largest absolute Gasteiger partial charge is 0.486 e. The number of hydrogen-bond acceptors (Lipinski definition) is 4. The van der Waals surface area contributed by atoms with Crippen LogP contribution in [0.25, 0.3) is 0 Å². The highest BCUT2D eigenvalue weighted by molar-refractivity contribution is 5.89. The summed E-state index contributed by atoms with van der Waals surface area (Å²) < 4.78 is 10.9. The predicted octanol–water partition coefficient (Wildman–Crippen LogP) is 0.837. The fourth-order valence-electron chi connectivity index (χ4n) is 2.46. The number of amides is 1. The first-order valence-electron chi connectivity index (χ1n) is 7.04. The molecule has 21 heavy (non-hydrogen) atoms. The number of fused-ring (bicyclic) bond motifs is 1. The van der Waals surface area contributed by atoms with E-state index in [2.05, 4.69) is 5.32 Å². The van der Waals surface area contributed by atoms with E-state index in [1.807, 2.05) is 18.2 Å². The first kappa shape index (κ1) is 13.7. The average molecular weight is 291 g/mol. The van der Waals surface area contributed by atoms with E-state index in [1.165, 1.54) is 0 Å². The Morgan fingerprint density at radius 2 is 1.95 bits per heavy atom. The lowest BCUT2D eigenvalue weighted by Gasteiger charge is -2.18. The molecule has 6 heteroatoms. The van der Waals surface area contributed by atoms with Crippen LogP contribution >= 0.6 is 0 Å². The van der Waals surface area contributed by atoms with Gasteiger partial charge in [0.05, 0.1) is 11.8 Å². The van der Waals surface area contributed by atoms with E-state index in [1.54, 1.807) is 0 Å². The van der Waals surface area contributed by atoms with Gasteiger partial charge in [0.25, 0.3) is 0 Å². The average Bonchev–Trinajstić information content (AvgIpc) is 3.28. The number of carbonyl (C=O) groups excluding carboxylic acids is 1. The summed E-state index contributed by atoms with van der Waals surface area (Å²) >= 11 is 0. The molecule has 6 nitrogen and oxygen atoms in total. The Bertz CT molecular complexity index is 571. The van der Waals surface area contributed by atoms with E-state index in [4.69, 9.17) is 14.6 Å². The number of nitrogens with one attached hydrogen (secondary N) is 1. The van der Waals surface area contributed by atoms with Crippen LogP contribution in [-0.4, -0.2) is 36.7 Å². The molecule has 1 aliphatic carbocycles. The molecular weight excluding hydrogens is 274 g/mol. The lowest BCUT2D eigenvalue weighted by molar-refractivity contribution is -0.140. The number of hydrogen-bond donors (Lipinski definition) is 2. The molecule has 2 aliphatic rings. The highest BCUT2D eigenvalue weighted by Gasteiger charge is 2.48. The van der Waals surface area contributed by atoms with E-state index < -0.39 is 11.9 Å². The standard InChI is InChI=1S/C15H17NO5/c17-14(10-8-11(10)15(18)19)16-4-3-9-1-2-12-13(7-9)21-6-5-20-12/h1-2,7,10-11H,3-6,8H2,(H,16,17)(H,18,19). The lowest BCUT2D eigenvalue weighted by atomic mass is 10.1. The molecule has 2 atom stereocenters. The molecule has 1 aromatic carbocycles. The molecule has 0 aromatic heterocycles. The van der Waals surface area contributed by atoms with Gasteiger partial charge < -0.3 is 19.9 Å². The SMILES string of the molecule is O=C(O)C1CC1C(=O)NCCc1ccc2c(c1)OCCO2. The van der Waals surface area contributed by atoms with Gasteiger partial charge in [-0.3, -0.25) is 9.59 Å². The highest BCUT2D eigenvalue weighted by Crippen LogP contribution is 2.38. The van der Waals surface area contributed by atoms with Gasteiger partial charge in [0.2, 0.25) is 5.91 Å². The van der Waals surface area contributed by atoms with Crippen molar-refractivity contribution in [3.05, 3.63) is 23.8 Å². The zero-order valence-electron chi connectivity index (χ0n) is 11.5. The van der Waals surface area contributed by atoms with E-state index in [0.29, 0.717) is 32.6 Å². The second-order valence-electron chi connectivity index (χ2n) is 5.31. The van der Waals surface area contributed by atoms with Crippen LogP contribution in [0.15, 0.2) is 18.2 Å². The molecule has 112 valence electrons. The molecule has 3 rings (SSSR count). The molecule has 0 spiro atoms. The van der Waals surface area contributed by atoms with Crippen molar-refractivity contribution in [2.75, 3.05) is 19.8 Å². The number of aliphatic carboxylic acids is 1. The Hall–Kier alpha value is -2.24. The van der Waals surface area contributed by atoms with E-state index >= 15 is 0 Å². The Labute approximate surface area is 122 Å². The van der Waals surface area contributed by atoms with Gasteiger partial charge in [-0.25, -0.2) is 0 Å². The third-order valence-electron chi connectivity index (χ3n) is 3.76. The predicted molar refractivity (Wildman–Crippen MR) is 73.4 cm³/mol. The minimum Gasteiger partial charge on any atom is -0.486 e. The summed E-state index contributed by atoms with van der Waals surface area (Å²) in [5.74, 6) is -0.432. The maximum Gasteiger partial charge on any atom is 0.307 e. The zero-order valence-corrected chi connectivity index (χ0v) is 11.5. The van der Waals surface area contributed by atoms with Crippen molar-refractivity contribution in [2.45, 2.75) is 12.8 Å². The Morgan fingerprint density at radius 3 is 2.67 bits per heavy atom. The van der Waals surface area contributed by atoms with Crippen molar-refractivity contribution in [1.29, 1.82) is 0 Å². The Morgan fingerprint density at radius 1 is 1.19 bits per heavy atom. The van der Waals surface area contributed by atoms with Crippen LogP contribution in [0.3, 0.4) is 0 Å². The molecule has 1 saturated carbocycles. The lowest BCUT2D eigenvalue weighted by Crippen LogP contribution is -2.28. The van der Waals surface area contributed by atoms with Crippen LogP contribution in [0, 0.1) is 11.8 Å². The Balaban J connectivity index is 1.47. The summed E-state index contributed by atoms with van der Waals surface area (Å²) in [6, 6.07) is 5.72. The fourth-order valence-corrected chi connectivity index (χ4v) is 2.46. The van der Waals surface area contributed by atoms with Gasteiger partial charge in [-0.05, 0) is 30.5 Å². The fraction of sp³-hybridized carbons (Fsp3) is 0.467. The maximum absolute atomic E-state index is 11.7. The van der Waals surface area contributed by atoms with Crippen LogP contribution in [-0.2, 0) is 16.0 Å². The van der Waals surface area contributed by atoms with Crippen molar-refractivity contribution < 1.29 is 24.2 Å². The van der Waals surface area contributed by atoms with Crippen LogP contribution in [0.2, 0.25) is 0 Å². The summed E-state index contributed by atoms with van der Waals surface area (Å²) in [5, 5.41) is 11.6. The minimum atomic E-state index is -0.887. The smallest absolute Gasteiger partial charge is 0.307 e. The molecule has 1 heterocycles. The number of benzene rings is 1. The second-order valence-corrected chi connectivity index (χ2v) is 5.31. The van der Waals surface area contributed by atoms with Gasteiger partial charge in [0.15, 0.2) is 11.5 Å². The third-order valence-corrected chi connectivity index (χ3v) is 3.76. The molecule has 2 N–H and O–H groups in total. The second kappa shape index (κ2) is 5.63. The van der Waals surface area contributed by atoms with Gasteiger partial charge >= 0.3 is 5.97 Å². The molecule has 0 saturated heterocycles. The molecule has 0 bridgehead atoms. The van der Waals surface area contributed by atoms with Crippen molar-refractivity contribution in [2.24, 2.45) is 11.8 Å². The number of ether oxygens (including phenoxy) is 2. The van der Waals surface area contributed by atoms with Gasteiger partial charge in [0.1, 0.15) is 13.2 Å². The number of carbonyl (C=O) groups is 2. The van der Waals surface area contributed by atoms with Crippen molar-refractivity contribution in [3.8, 4) is 11.5 Å². The van der Waals surface area contributed by atoms with Gasteiger partial charge in [-0.1, -0.05) is 6.07 Å². The third kappa shape index (κ3) is 3.09. The molecular formula is C15H17NO5. The highest BCUT2D eigenvalue weighted by atomic mass is 16.6. The zero-order chi connectivity index (χ0) is 14.8. The van der Waals surface area contributed by atoms with E-state index in [9.17, 15) is 9.59 Å². The van der Waals surface area contributed by atoms with Crippen LogP contribution in [0.1, 0.15) is 12.0 Å². The van der Waals surface area contributed by atoms with Gasteiger partial charge in [0, 0.05) is 6.54 Å². The topological polar surface area (TPSA) is 84.9 Å². The first-order chi connectivity index (χ1) is 10.1. The minimum absolute atomic E-state index is 0.167. The molecule has 1 aliphatic heterocycles. The summed E-state index contributed by atoms with van der Waals surface area (Å²) in [6.45, 7) is 1.60. The monoisotopic (exact) mass is 291 g/mol. The number of carboxylic acids is 1. The first-order valence-corrected chi connectivity index (χ1v) is 7.04. The molecule has 0 radical (unpaired) electrons. The van der Waals surface area contributed by atoms with Gasteiger partial charge in [-0.15, -0.1) is 0 Å². The summed E-state index contributed by atoms with van der Waals surface area (Å²) in [6.07, 6.45) is 1.12. The number of carboxylic acid groups (broad SMARTS) is 1. The Kier molecular flexibility index (Phi) is 3.68. The van der Waals surface area contributed by atoms with Crippen LogP contribution in [0.4, 0.5) is 0 Å². The number of rotatable bonds is 5. The normalized spacial score (nSPS) is 22.5. The van der Waals surface area contributed by atoms with Crippen LogP contribution < -0.4 is 14.8 Å². The van der Waals surface area contributed by atoms with Crippen molar-refractivity contribution >= 4 is 11.9 Å². The van der Waals surface area contributed by atoms with Crippen molar-refractivity contribution in [3.63, 3.8) is 0 Å². The molecule has 1 aromatic rings. The quantitative estimate of drug-likeness (QED) is 0.839. The maximum atomic E-state index is 11.7. The van der Waals surface area contributed by atoms with E-state index in [-0.39, 0.29) is 11.8 Å². The molecule has 2 unspecified atom stereocenters. The van der Waals surface area contributed by atoms with Gasteiger partial charge in [-0.2, -0.15) is 0 Å². The molecule has 1 fully saturated rings. The summed E-state index contributed by atoms with van der Waals surface area (Å²) in [7, 11) is 0. The van der Waals surface area contributed by atoms with E-state index in [0.717, 1.165) is 17.1 Å². The summed E-state index contributed by atoms with van der Waals surface area (Å²) in [4.78, 5) is 22.4. The summed E-state index contributed by atoms with van der Waals surface area (Å²) in [5.41, 5.74) is 1.05. The van der Waals surface area contributed by atoms with Crippen molar-refractivity contribution in [1.82, 2.24) is 5.32 Å². The van der Waals surface area contributed by atoms with Crippen LogP contribution in [0.5, 0.6) is 11.5 Å². The molecule has 1 amide bonds.